The summed E-state index contributed by atoms with van der Waals surface area (Å²) < 4.78 is 67.8. The summed E-state index contributed by atoms with van der Waals surface area (Å²) in [6.45, 7) is 11.0. The molecule has 0 aromatic rings. The molecule has 19 heavy (non-hydrogen) atoms. The lowest BCUT2D eigenvalue weighted by molar-refractivity contribution is -0.159. The summed E-state index contributed by atoms with van der Waals surface area (Å²) in [5, 5.41) is 0. The highest BCUT2D eigenvalue weighted by molar-refractivity contribution is 5.38. The van der Waals surface area contributed by atoms with E-state index in [1.807, 2.05) is 0 Å². The van der Waals surface area contributed by atoms with Crippen molar-refractivity contribution in [2.24, 2.45) is 5.92 Å². The third kappa shape index (κ3) is 3.67. The van der Waals surface area contributed by atoms with Crippen LogP contribution in [0.5, 0.6) is 0 Å². The number of hydrogen-bond acceptors (Lipinski definition) is 0. The standard InChI is InChI=1S/C14H19F5/c1-8(2)7-12(15)10(5)11(6)14(18,19)13(16,17)9(3)4/h8H,3,6-7H2,1-2,4-5H3/b12-10-. The Morgan fingerprint density at radius 1 is 1.00 bits per heavy atom. The van der Waals surface area contributed by atoms with Gasteiger partial charge in [0.1, 0.15) is 5.83 Å². The second-order valence-corrected chi connectivity index (χ2v) is 5.04. The molecule has 110 valence electrons. The summed E-state index contributed by atoms with van der Waals surface area (Å²) in [4.78, 5) is 0. The number of alkyl halides is 4. The van der Waals surface area contributed by atoms with Gasteiger partial charge in [0, 0.05) is 12.0 Å². The van der Waals surface area contributed by atoms with E-state index in [1.54, 1.807) is 13.8 Å². The molecule has 0 heterocycles. The molecular weight excluding hydrogens is 263 g/mol. The first kappa shape index (κ1) is 17.9. The van der Waals surface area contributed by atoms with Gasteiger partial charge < -0.3 is 0 Å². The van der Waals surface area contributed by atoms with Gasteiger partial charge in [-0.1, -0.05) is 27.0 Å². The van der Waals surface area contributed by atoms with Gasteiger partial charge in [-0.2, -0.15) is 17.6 Å². The molecule has 0 saturated heterocycles. The molecule has 0 bridgehead atoms. The van der Waals surface area contributed by atoms with E-state index in [0.29, 0.717) is 0 Å². The summed E-state index contributed by atoms with van der Waals surface area (Å²) in [7, 11) is 0. The van der Waals surface area contributed by atoms with Crippen LogP contribution in [0.2, 0.25) is 0 Å². The number of allylic oxidation sites excluding steroid dienone is 4. The minimum absolute atomic E-state index is 0.0976. The largest absolute Gasteiger partial charge is 0.339 e. The maximum absolute atomic E-state index is 13.7. The minimum atomic E-state index is -4.56. The highest BCUT2D eigenvalue weighted by Gasteiger charge is 2.58. The molecule has 0 unspecified atom stereocenters. The molecule has 0 amide bonds. The van der Waals surface area contributed by atoms with E-state index in [9.17, 15) is 22.0 Å². The first-order valence-corrected chi connectivity index (χ1v) is 5.82. The molecular formula is C14H19F5. The Hall–Kier alpha value is -1.13. The van der Waals surface area contributed by atoms with E-state index in [4.69, 9.17) is 0 Å². The van der Waals surface area contributed by atoms with Crippen molar-refractivity contribution in [3.63, 3.8) is 0 Å². The zero-order valence-electron chi connectivity index (χ0n) is 11.6. The quantitative estimate of drug-likeness (QED) is 0.334. The van der Waals surface area contributed by atoms with Crippen LogP contribution in [0.1, 0.15) is 34.1 Å². The first-order valence-electron chi connectivity index (χ1n) is 5.82. The molecule has 0 aliphatic rings. The lowest BCUT2D eigenvalue weighted by Gasteiger charge is -2.29. The molecule has 0 fully saturated rings. The normalized spacial score (nSPS) is 14.4. The van der Waals surface area contributed by atoms with Crippen LogP contribution in [-0.2, 0) is 0 Å². The molecule has 0 aliphatic heterocycles. The Morgan fingerprint density at radius 2 is 1.42 bits per heavy atom. The third-order valence-electron chi connectivity index (χ3n) is 2.76. The molecule has 0 aliphatic carbocycles. The predicted octanol–water partition coefficient (Wildman–Crippen LogP) is 5.68. The van der Waals surface area contributed by atoms with Crippen LogP contribution in [0.15, 0.2) is 35.7 Å². The van der Waals surface area contributed by atoms with Crippen molar-refractivity contribution >= 4 is 0 Å². The maximum atomic E-state index is 13.7. The lowest BCUT2D eigenvalue weighted by atomic mass is 9.92. The summed E-state index contributed by atoms with van der Waals surface area (Å²) >= 11 is 0. The fraction of sp³-hybridized carbons (Fsp3) is 0.571. The molecule has 0 atom stereocenters. The van der Waals surface area contributed by atoms with Crippen LogP contribution in [0.3, 0.4) is 0 Å². The van der Waals surface area contributed by atoms with Crippen molar-refractivity contribution < 1.29 is 22.0 Å². The Bertz CT molecular complexity index is 402. The monoisotopic (exact) mass is 282 g/mol. The second-order valence-electron chi connectivity index (χ2n) is 5.04. The maximum Gasteiger partial charge on any atom is 0.339 e. The van der Waals surface area contributed by atoms with Gasteiger partial charge in [-0.25, -0.2) is 4.39 Å². The summed E-state index contributed by atoms with van der Waals surface area (Å²) in [6.07, 6.45) is -0.0976. The fourth-order valence-corrected chi connectivity index (χ4v) is 1.37. The van der Waals surface area contributed by atoms with Crippen molar-refractivity contribution in [1.29, 1.82) is 0 Å². The zero-order chi connectivity index (χ0) is 15.6. The van der Waals surface area contributed by atoms with E-state index in [0.717, 1.165) is 13.8 Å². The predicted molar refractivity (Wildman–Crippen MR) is 67.1 cm³/mol. The van der Waals surface area contributed by atoms with Crippen molar-refractivity contribution in [3.8, 4) is 0 Å². The Morgan fingerprint density at radius 3 is 1.74 bits per heavy atom. The molecule has 0 aromatic heterocycles. The van der Waals surface area contributed by atoms with Gasteiger partial charge in [-0.05, 0) is 30.9 Å². The van der Waals surface area contributed by atoms with Crippen LogP contribution in [-0.4, -0.2) is 11.8 Å². The number of hydrogen-bond donors (Lipinski definition) is 0. The van der Waals surface area contributed by atoms with E-state index in [1.165, 1.54) is 0 Å². The zero-order valence-corrected chi connectivity index (χ0v) is 11.6. The van der Waals surface area contributed by atoms with E-state index < -0.39 is 34.4 Å². The van der Waals surface area contributed by atoms with Gasteiger partial charge in [0.05, 0.1) is 0 Å². The van der Waals surface area contributed by atoms with Crippen molar-refractivity contribution in [2.75, 3.05) is 0 Å². The second kappa shape index (κ2) is 5.88. The fourth-order valence-electron chi connectivity index (χ4n) is 1.37. The molecule has 0 rings (SSSR count). The summed E-state index contributed by atoms with van der Waals surface area (Å²) in [5.74, 6) is -9.98. The molecule has 0 N–H and O–H groups in total. The molecule has 0 aromatic carbocycles. The molecule has 0 saturated carbocycles. The Kier molecular flexibility index (Phi) is 5.53. The van der Waals surface area contributed by atoms with E-state index in [2.05, 4.69) is 13.2 Å². The van der Waals surface area contributed by atoms with Gasteiger partial charge in [-0.3, -0.25) is 0 Å². The molecule has 0 spiro atoms. The van der Waals surface area contributed by atoms with Gasteiger partial charge in [0.2, 0.25) is 0 Å². The summed E-state index contributed by atoms with van der Waals surface area (Å²) in [6, 6.07) is 0. The number of halogens is 5. The van der Waals surface area contributed by atoms with E-state index in [-0.39, 0.29) is 12.3 Å². The minimum Gasteiger partial charge on any atom is -0.212 e. The highest BCUT2D eigenvalue weighted by Crippen LogP contribution is 2.46. The molecule has 0 nitrogen and oxygen atoms in total. The van der Waals surface area contributed by atoms with Crippen LogP contribution in [0.4, 0.5) is 22.0 Å². The van der Waals surface area contributed by atoms with Crippen LogP contribution in [0, 0.1) is 5.92 Å². The van der Waals surface area contributed by atoms with Crippen LogP contribution >= 0.6 is 0 Å². The van der Waals surface area contributed by atoms with Crippen molar-refractivity contribution in [1.82, 2.24) is 0 Å². The van der Waals surface area contributed by atoms with E-state index >= 15 is 0 Å². The smallest absolute Gasteiger partial charge is 0.212 e. The average Bonchev–Trinajstić information content (AvgIpc) is 2.25. The summed E-state index contributed by atoms with van der Waals surface area (Å²) in [5.41, 5.74) is -2.73. The number of rotatable bonds is 6. The Labute approximate surface area is 110 Å². The highest BCUT2D eigenvalue weighted by atomic mass is 19.3. The SMILES string of the molecule is C=C(C)C(F)(F)C(F)(F)C(=C)/C(C)=C(\F)CC(C)C. The first-order chi connectivity index (χ1) is 8.35. The molecule has 0 radical (unpaired) electrons. The van der Waals surface area contributed by atoms with Crippen LogP contribution in [0.25, 0.3) is 0 Å². The molecule has 5 heteroatoms. The van der Waals surface area contributed by atoms with Gasteiger partial charge in [0.25, 0.3) is 0 Å². The Balaban J connectivity index is 5.48. The van der Waals surface area contributed by atoms with Gasteiger partial charge in [0.15, 0.2) is 0 Å². The topological polar surface area (TPSA) is 0 Å². The van der Waals surface area contributed by atoms with Crippen LogP contribution < -0.4 is 0 Å². The van der Waals surface area contributed by atoms with Crippen molar-refractivity contribution in [3.05, 3.63) is 35.7 Å². The van der Waals surface area contributed by atoms with Gasteiger partial charge >= 0.3 is 11.8 Å². The third-order valence-corrected chi connectivity index (χ3v) is 2.76. The van der Waals surface area contributed by atoms with Crippen molar-refractivity contribution in [2.45, 2.75) is 46.0 Å². The van der Waals surface area contributed by atoms with Gasteiger partial charge in [-0.15, -0.1) is 0 Å². The lowest BCUT2D eigenvalue weighted by Crippen LogP contribution is -2.43. The average molecular weight is 282 g/mol.